The lowest BCUT2D eigenvalue weighted by atomic mass is 9.63. The second kappa shape index (κ2) is 5.74. The molecule has 1 aliphatic carbocycles. The molecule has 2 aromatic rings. The molecule has 0 bridgehead atoms. The maximum atomic E-state index is 10.5. The summed E-state index contributed by atoms with van der Waals surface area (Å²) in [5.74, 6) is 1.22. The predicted molar refractivity (Wildman–Crippen MR) is 102 cm³/mol. The van der Waals surface area contributed by atoms with Crippen LogP contribution < -0.4 is 5.46 Å². The van der Waals surface area contributed by atoms with Crippen LogP contribution in [0.4, 0.5) is 0 Å². The van der Waals surface area contributed by atoms with Crippen LogP contribution in [0.5, 0.6) is 0 Å². The summed E-state index contributed by atoms with van der Waals surface area (Å²) in [4.78, 5) is 7.62. The monoisotopic (exact) mass is 357 g/mol. The fourth-order valence-corrected chi connectivity index (χ4v) is 6.11. The van der Waals surface area contributed by atoms with E-state index in [9.17, 15) is 5.02 Å². The summed E-state index contributed by atoms with van der Waals surface area (Å²) in [6.07, 6.45) is 9.29. The zero-order valence-electron chi connectivity index (χ0n) is 14.6. The number of rotatable bonds is 3. The van der Waals surface area contributed by atoms with Gasteiger partial charge in [0, 0.05) is 42.1 Å². The molecule has 0 atom stereocenters. The van der Waals surface area contributed by atoms with Gasteiger partial charge in [0.1, 0.15) is 5.65 Å². The van der Waals surface area contributed by atoms with Gasteiger partial charge >= 0.3 is 7.12 Å². The Morgan fingerprint density at radius 2 is 2.16 bits per heavy atom. The quantitative estimate of drug-likeness (QED) is 0.653. The highest BCUT2D eigenvalue weighted by molar-refractivity contribution is 7.97. The lowest BCUT2D eigenvalue weighted by Gasteiger charge is -2.55. The van der Waals surface area contributed by atoms with Gasteiger partial charge in [-0.05, 0) is 49.1 Å². The van der Waals surface area contributed by atoms with Gasteiger partial charge in [-0.25, -0.2) is 9.29 Å². The van der Waals surface area contributed by atoms with Gasteiger partial charge in [-0.15, -0.1) is 0 Å². The van der Waals surface area contributed by atoms with Crippen molar-refractivity contribution in [3.63, 3.8) is 0 Å². The first-order chi connectivity index (χ1) is 12.1. The van der Waals surface area contributed by atoms with Crippen LogP contribution in [0.25, 0.3) is 11.0 Å². The van der Waals surface area contributed by atoms with E-state index in [1.807, 2.05) is 18.1 Å². The van der Waals surface area contributed by atoms with E-state index in [-0.39, 0.29) is 5.60 Å². The molecule has 1 saturated heterocycles. The molecule has 4 heterocycles. The number of hydrogen-bond acceptors (Lipinski definition) is 5. The second-order valence-corrected chi connectivity index (χ2v) is 9.11. The topological polar surface area (TPSA) is 61.4 Å². The van der Waals surface area contributed by atoms with Gasteiger partial charge in [-0.2, -0.15) is 0 Å². The van der Waals surface area contributed by atoms with Gasteiger partial charge in [0.15, 0.2) is 0 Å². The maximum absolute atomic E-state index is 10.5. The van der Waals surface area contributed by atoms with Crippen molar-refractivity contribution in [3.05, 3.63) is 24.0 Å². The highest BCUT2D eigenvalue weighted by Crippen LogP contribution is 2.54. The number of pyridine rings is 1. The van der Waals surface area contributed by atoms with E-state index in [1.54, 1.807) is 6.20 Å². The summed E-state index contributed by atoms with van der Waals surface area (Å²) in [6.45, 7) is 4.65. The van der Waals surface area contributed by atoms with Crippen LogP contribution in [0.2, 0.25) is 0 Å². The number of nitrogens with one attached hydrogen (secondary N) is 1. The molecule has 2 fully saturated rings. The first-order valence-electron chi connectivity index (χ1n) is 9.35. The van der Waals surface area contributed by atoms with Crippen molar-refractivity contribution in [2.75, 3.05) is 18.8 Å². The third-order valence-electron chi connectivity index (χ3n) is 6.29. The van der Waals surface area contributed by atoms with E-state index in [1.165, 1.54) is 43.7 Å². The van der Waals surface area contributed by atoms with Crippen molar-refractivity contribution in [3.8, 4) is 0 Å². The highest BCUT2D eigenvalue weighted by atomic mass is 32.2. The number of fused-ring (bicyclic) bond motifs is 4. The molecule has 2 N–H and O–H groups in total. The van der Waals surface area contributed by atoms with Crippen molar-refractivity contribution in [2.45, 2.75) is 44.6 Å². The fourth-order valence-electron chi connectivity index (χ4n) is 4.94. The van der Waals surface area contributed by atoms with Crippen LogP contribution in [0.15, 0.2) is 18.5 Å². The minimum Gasteiger partial charge on any atom is -0.423 e. The van der Waals surface area contributed by atoms with Crippen LogP contribution in [-0.2, 0) is 10.3 Å². The minimum absolute atomic E-state index is 0.333. The van der Waals surface area contributed by atoms with Crippen molar-refractivity contribution in [1.29, 1.82) is 0 Å². The third kappa shape index (κ3) is 2.40. The molecule has 3 aliphatic rings. The lowest BCUT2D eigenvalue weighted by Crippen LogP contribution is -2.56. The molecule has 2 spiro atoms. The number of nitrogens with zero attached hydrogens (tertiary/aromatic N) is 2. The zero-order valence-corrected chi connectivity index (χ0v) is 15.4. The van der Waals surface area contributed by atoms with Crippen LogP contribution in [0, 0.1) is 5.41 Å². The van der Waals surface area contributed by atoms with E-state index in [0.29, 0.717) is 5.41 Å². The fraction of sp³-hybridized carbons (Fsp3) is 0.611. The average Bonchev–Trinajstić information content (AvgIpc) is 3.16. The molecule has 0 radical (unpaired) electrons. The summed E-state index contributed by atoms with van der Waals surface area (Å²) >= 11 is 2.00. The Hall–Kier alpha value is -1.02. The Morgan fingerprint density at radius 3 is 2.92 bits per heavy atom. The Kier molecular flexibility index (Phi) is 3.72. The van der Waals surface area contributed by atoms with E-state index in [0.717, 1.165) is 29.3 Å². The molecule has 5 rings (SSSR count). The summed E-state index contributed by atoms with van der Waals surface area (Å²) in [7, 11) is -0.839. The number of aromatic nitrogens is 2. The summed E-state index contributed by atoms with van der Waals surface area (Å²) in [5.41, 5.74) is 3.06. The predicted octanol–water partition coefficient (Wildman–Crippen LogP) is 2.41. The molecule has 5 nitrogen and oxygen atoms in total. The second-order valence-electron chi connectivity index (χ2n) is 7.92. The standard InChI is InChI=1S/C18H24BN3O2S/c1-2-9-25-22-11-17(12-22)4-6-18(7-5-17)15-13-3-8-20-16(13)21-10-14(15)19(23)24-18/h3,8,10,23H,2,4-7,9,11-12H2,1H3,(H,20,21). The number of H-pyrrole nitrogens is 1. The Labute approximate surface area is 152 Å². The molecule has 7 heteroatoms. The molecule has 2 aliphatic heterocycles. The van der Waals surface area contributed by atoms with Gasteiger partial charge in [0.25, 0.3) is 0 Å². The third-order valence-corrected chi connectivity index (χ3v) is 7.51. The molecular formula is C18H24BN3O2S. The van der Waals surface area contributed by atoms with Crippen molar-refractivity contribution in [2.24, 2.45) is 5.41 Å². The molecule has 0 aromatic carbocycles. The first-order valence-corrected chi connectivity index (χ1v) is 10.3. The van der Waals surface area contributed by atoms with E-state index in [2.05, 4.69) is 27.3 Å². The first kappa shape index (κ1) is 16.2. The zero-order chi connectivity index (χ0) is 17.1. The Bertz CT molecular complexity index is 795. The SMILES string of the molecule is CCCSN1CC2(CCC3(CC2)OB(O)c2cnc4[nH]ccc4c23)C1. The maximum Gasteiger partial charge on any atom is 0.493 e. The summed E-state index contributed by atoms with van der Waals surface area (Å²) in [5, 5.41) is 11.6. The van der Waals surface area contributed by atoms with E-state index < -0.39 is 7.12 Å². The van der Waals surface area contributed by atoms with Crippen molar-refractivity contribution < 1.29 is 9.68 Å². The smallest absolute Gasteiger partial charge is 0.423 e. The van der Waals surface area contributed by atoms with Gasteiger partial charge < -0.3 is 14.7 Å². The lowest BCUT2D eigenvalue weighted by molar-refractivity contribution is -0.0571. The van der Waals surface area contributed by atoms with Crippen LogP contribution in [0.3, 0.4) is 0 Å². The van der Waals surface area contributed by atoms with Crippen LogP contribution >= 0.6 is 11.9 Å². The molecule has 0 unspecified atom stereocenters. The minimum atomic E-state index is -0.839. The highest BCUT2D eigenvalue weighted by Gasteiger charge is 2.55. The molecule has 0 amide bonds. The molecule has 132 valence electrons. The van der Waals surface area contributed by atoms with Gasteiger partial charge in [-0.1, -0.05) is 18.9 Å². The largest absolute Gasteiger partial charge is 0.493 e. The molecule has 25 heavy (non-hydrogen) atoms. The Morgan fingerprint density at radius 1 is 1.36 bits per heavy atom. The van der Waals surface area contributed by atoms with Crippen molar-refractivity contribution in [1.82, 2.24) is 14.3 Å². The number of aromatic amines is 1. The molecule has 2 aromatic heterocycles. The van der Waals surface area contributed by atoms with Crippen LogP contribution in [-0.4, -0.2) is 45.3 Å². The van der Waals surface area contributed by atoms with E-state index in [4.69, 9.17) is 4.65 Å². The van der Waals surface area contributed by atoms with E-state index >= 15 is 0 Å². The average molecular weight is 357 g/mol. The summed E-state index contributed by atoms with van der Waals surface area (Å²) < 4.78 is 8.70. The molecule has 1 saturated carbocycles. The molecular weight excluding hydrogens is 333 g/mol. The van der Waals surface area contributed by atoms with Crippen LogP contribution in [0.1, 0.15) is 44.6 Å². The van der Waals surface area contributed by atoms with Gasteiger partial charge in [0.2, 0.25) is 0 Å². The van der Waals surface area contributed by atoms with Crippen molar-refractivity contribution >= 4 is 35.6 Å². The number of hydrogen-bond donors (Lipinski definition) is 2. The normalized spacial score (nSPS) is 24.2. The van der Waals surface area contributed by atoms with Gasteiger partial charge in [-0.3, -0.25) is 0 Å². The van der Waals surface area contributed by atoms with Gasteiger partial charge in [0.05, 0.1) is 5.60 Å². The Balaban J connectivity index is 1.39. The summed E-state index contributed by atoms with van der Waals surface area (Å²) in [6, 6.07) is 2.07.